The van der Waals surface area contributed by atoms with E-state index in [0.29, 0.717) is 73.8 Å². The lowest BCUT2D eigenvalue weighted by Crippen LogP contribution is -2.05. The molecule has 16 nitrogen and oxygen atoms in total. The van der Waals surface area contributed by atoms with E-state index in [4.69, 9.17) is 13.8 Å². The predicted octanol–water partition coefficient (Wildman–Crippen LogP) is 6.27. The predicted molar refractivity (Wildman–Crippen MR) is 192 cm³/mol. The third-order valence-electron chi connectivity index (χ3n) is 6.79. The van der Waals surface area contributed by atoms with Crippen LogP contribution in [0.15, 0.2) is 74.0 Å². The van der Waals surface area contributed by atoms with Gasteiger partial charge in [0.1, 0.15) is 10.6 Å². The maximum atomic E-state index is 11.9. The molecule has 0 aliphatic rings. The van der Waals surface area contributed by atoms with E-state index in [-0.39, 0.29) is 35.2 Å². The average molecular weight is 787 g/mol. The normalized spacial score (nSPS) is 12.5. The van der Waals surface area contributed by atoms with Crippen LogP contribution in [0.1, 0.15) is 31.2 Å². The van der Waals surface area contributed by atoms with Gasteiger partial charge in [0.05, 0.1) is 35.7 Å². The third-order valence-corrected chi connectivity index (χ3v) is 11.2. The average Bonchev–Trinajstić information content (AvgIpc) is 3.02. The molecule has 0 fully saturated rings. The molecule has 50 heavy (non-hydrogen) atoms. The standard InChI is InChI=1S/C29H34N6O10S5/c1-19-16-24(25(45-2)18-23(19)35-34-21-11-10-20-8-7-9-26(22(20)17-21)50(42,43)44)30-27-31-28(46-12-3-5-14-48(36,37)38)33-29(32-27)47-13-4-6-15-49(39,40)41/h7-11,16-18H,3-6,12-15H2,1-2H3,(H,36,37,38)(H,39,40,41)(H,42,43,44)(H,30,31,32,33). The molecule has 4 N–H and O–H groups in total. The summed E-state index contributed by atoms with van der Waals surface area (Å²) in [5.74, 6) is 0.777. The van der Waals surface area contributed by atoms with Gasteiger partial charge in [0, 0.05) is 23.0 Å². The molecule has 21 heteroatoms. The van der Waals surface area contributed by atoms with Crippen LogP contribution in [-0.4, -0.2) is 84.0 Å². The molecule has 0 saturated carbocycles. The van der Waals surface area contributed by atoms with Crippen LogP contribution in [0.25, 0.3) is 10.8 Å². The first-order valence-corrected chi connectivity index (χ1v) is 21.4. The zero-order valence-electron chi connectivity index (χ0n) is 26.8. The molecule has 0 spiro atoms. The van der Waals surface area contributed by atoms with Gasteiger partial charge < -0.3 is 10.1 Å². The lowest BCUT2D eigenvalue weighted by atomic mass is 10.1. The molecule has 0 bridgehead atoms. The summed E-state index contributed by atoms with van der Waals surface area (Å²) in [6.45, 7) is 1.80. The van der Waals surface area contributed by atoms with Gasteiger partial charge in [-0.05, 0) is 67.8 Å². The molecular formula is C29H34N6O10S5. The molecule has 3 aromatic carbocycles. The SMILES string of the molecule is COc1cc(N=Nc2ccc3cccc(S(=O)(=O)O)c3c2)c(C)cc1Nc1nc(SCCCCS(=O)(=O)O)nc(SCCCCS(=O)(=O)O)n1. The number of nitrogens with zero attached hydrogens (tertiary/aromatic N) is 5. The van der Waals surface area contributed by atoms with E-state index in [2.05, 4.69) is 30.5 Å². The second-order valence-corrected chi connectivity index (χ2v) is 17.4. The van der Waals surface area contributed by atoms with Crippen molar-refractivity contribution in [1.29, 1.82) is 0 Å². The number of methoxy groups -OCH3 is 1. The van der Waals surface area contributed by atoms with Crippen molar-refractivity contribution in [3.63, 3.8) is 0 Å². The Morgan fingerprint density at radius 3 is 1.96 bits per heavy atom. The van der Waals surface area contributed by atoms with Crippen molar-refractivity contribution in [2.24, 2.45) is 10.2 Å². The van der Waals surface area contributed by atoms with Crippen LogP contribution in [0, 0.1) is 6.92 Å². The van der Waals surface area contributed by atoms with Crippen molar-refractivity contribution in [3.8, 4) is 5.75 Å². The number of azo groups is 1. The fourth-order valence-corrected chi connectivity index (χ4v) is 7.99. The molecule has 0 aliphatic carbocycles. The number of hydrogen-bond acceptors (Lipinski definition) is 15. The van der Waals surface area contributed by atoms with E-state index in [1.54, 1.807) is 37.3 Å². The fourth-order valence-electron chi connectivity index (χ4n) is 4.43. The van der Waals surface area contributed by atoms with Gasteiger partial charge in [-0.15, -0.1) is 0 Å². The molecule has 1 aromatic heterocycles. The minimum Gasteiger partial charge on any atom is -0.494 e. The van der Waals surface area contributed by atoms with Gasteiger partial charge in [-0.2, -0.15) is 50.4 Å². The van der Waals surface area contributed by atoms with Crippen LogP contribution in [0.4, 0.5) is 23.0 Å². The van der Waals surface area contributed by atoms with Gasteiger partial charge in [0.15, 0.2) is 10.3 Å². The van der Waals surface area contributed by atoms with Crippen molar-refractivity contribution in [2.45, 2.75) is 47.8 Å². The topological polar surface area (TPSA) is 248 Å². The Labute approximate surface area is 298 Å². The van der Waals surface area contributed by atoms with Crippen LogP contribution >= 0.6 is 23.5 Å². The number of aromatic nitrogens is 3. The molecule has 1 heterocycles. The lowest BCUT2D eigenvalue weighted by Gasteiger charge is -2.13. The Kier molecular flexibility index (Phi) is 13.5. The van der Waals surface area contributed by atoms with Gasteiger partial charge >= 0.3 is 0 Å². The first-order chi connectivity index (χ1) is 23.5. The van der Waals surface area contributed by atoms with Crippen LogP contribution < -0.4 is 10.1 Å². The van der Waals surface area contributed by atoms with E-state index >= 15 is 0 Å². The highest BCUT2D eigenvalue weighted by Crippen LogP contribution is 2.36. The molecule has 0 amide bonds. The van der Waals surface area contributed by atoms with E-state index in [9.17, 15) is 29.8 Å². The highest BCUT2D eigenvalue weighted by atomic mass is 32.2. The van der Waals surface area contributed by atoms with Gasteiger partial charge in [0.2, 0.25) is 5.95 Å². The first kappa shape index (κ1) is 39.3. The highest BCUT2D eigenvalue weighted by molar-refractivity contribution is 7.99. The van der Waals surface area contributed by atoms with Crippen LogP contribution in [0.5, 0.6) is 5.75 Å². The third kappa shape index (κ3) is 12.4. The van der Waals surface area contributed by atoms with Crippen molar-refractivity contribution < 1.29 is 43.6 Å². The van der Waals surface area contributed by atoms with Crippen LogP contribution in [-0.2, 0) is 30.4 Å². The maximum Gasteiger partial charge on any atom is 0.295 e. The monoisotopic (exact) mass is 786 g/mol. The number of anilines is 2. The number of thioether (sulfide) groups is 2. The minimum absolute atomic E-state index is 0.179. The molecule has 0 saturated heterocycles. The second kappa shape index (κ2) is 17.2. The lowest BCUT2D eigenvalue weighted by molar-refractivity contribution is 0.417. The first-order valence-electron chi connectivity index (χ1n) is 14.8. The Morgan fingerprint density at radius 2 is 1.40 bits per heavy atom. The smallest absolute Gasteiger partial charge is 0.295 e. The molecule has 4 aromatic rings. The summed E-state index contributed by atoms with van der Waals surface area (Å²) in [6, 6.07) is 12.8. The summed E-state index contributed by atoms with van der Waals surface area (Å²) in [5, 5.41) is 13.3. The van der Waals surface area contributed by atoms with Crippen molar-refractivity contribution >= 4 is 87.7 Å². The maximum absolute atomic E-state index is 11.9. The van der Waals surface area contributed by atoms with Crippen LogP contribution in [0.2, 0.25) is 0 Å². The van der Waals surface area contributed by atoms with Crippen molar-refractivity contribution in [1.82, 2.24) is 15.0 Å². The van der Waals surface area contributed by atoms with Gasteiger partial charge in [-0.1, -0.05) is 41.7 Å². The van der Waals surface area contributed by atoms with Gasteiger partial charge in [-0.3, -0.25) is 13.7 Å². The zero-order valence-corrected chi connectivity index (χ0v) is 30.8. The molecule has 270 valence electrons. The number of aryl methyl sites for hydroxylation is 1. The Hall–Kier alpha value is -3.44. The van der Waals surface area contributed by atoms with Gasteiger partial charge in [0.25, 0.3) is 30.4 Å². The summed E-state index contributed by atoms with van der Waals surface area (Å²) in [7, 11) is -11.1. The Bertz CT molecular complexity index is 2140. The zero-order chi connectivity index (χ0) is 36.5. The number of fused-ring (bicyclic) bond motifs is 1. The summed E-state index contributed by atoms with van der Waals surface area (Å²) in [6.07, 6.45) is 1.45. The second-order valence-electron chi connectivity index (χ2n) is 10.7. The number of unbranched alkanes of at least 4 members (excludes halogenated alkanes) is 2. The Morgan fingerprint density at radius 1 is 0.780 bits per heavy atom. The molecule has 4 rings (SSSR count). The van der Waals surface area contributed by atoms with E-state index in [1.807, 2.05) is 0 Å². The summed E-state index contributed by atoms with van der Waals surface area (Å²) in [5.41, 5.74) is 1.98. The molecular weight excluding hydrogens is 753 g/mol. The minimum atomic E-state index is -4.46. The molecule has 0 unspecified atom stereocenters. The molecule has 0 radical (unpaired) electrons. The molecule has 0 atom stereocenters. The van der Waals surface area contributed by atoms with E-state index in [0.717, 1.165) is 0 Å². The molecule has 0 aliphatic heterocycles. The van der Waals surface area contributed by atoms with E-state index < -0.39 is 30.4 Å². The summed E-state index contributed by atoms with van der Waals surface area (Å²) in [4.78, 5) is 13.2. The van der Waals surface area contributed by atoms with Crippen molar-refractivity contribution in [2.75, 3.05) is 35.4 Å². The number of benzene rings is 3. The number of nitrogens with one attached hydrogen (secondary N) is 1. The number of rotatable bonds is 18. The number of ether oxygens (including phenoxy) is 1. The van der Waals surface area contributed by atoms with Crippen molar-refractivity contribution in [3.05, 3.63) is 54.1 Å². The summed E-state index contributed by atoms with van der Waals surface area (Å²) < 4.78 is 101. The Balaban J connectivity index is 1.55. The van der Waals surface area contributed by atoms with Crippen LogP contribution in [0.3, 0.4) is 0 Å². The van der Waals surface area contributed by atoms with E-state index in [1.165, 1.54) is 48.8 Å². The number of hydrogen-bond donors (Lipinski definition) is 4. The van der Waals surface area contributed by atoms with Gasteiger partial charge in [-0.25, -0.2) is 0 Å². The largest absolute Gasteiger partial charge is 0.494 e. The summed E-state index contributed by atoms with van der Waals surface area (Å²) >= 11 is 2.54. The highest BCUT2D eigenvalue weighted by Gasteiger charge is 2.16. The quantitative estimate of drug-likeness (QED) is 0.0376. The fraction of sp³-hybridized carbons (Fsp3) is 0.345.